The van der Waals surface area contributed by atoms with Gasteiger partial charge in [-0.3, -0.25) is 4.79 Å². The van der Waals surface area contributed by atoms with E-state index in [-0.39, 0.29) is 18.0 Å². The van der Waals surface area contributed by atoms with Crippen molar-refractivity contribution in [3.8, 4) is 0 Å². The third kappa shape index (κ3) is 4.63. The molecule has 0 saturated heterocycles. The van der Waals surface area contributed by atoms with E-state index in [1.54, 1.807) is 36.4 Å². The van der Waals surface area contributed by atoms with E-state index in [1.807, 2.05) is 32.0 Å². The van der Waals surface area contributed by atoms with Crippen LogP contribution in [-0.2, 0) is 0 Å². The highest BCUT2D eigenvalue weighted by Gasteiger charge is 2.07. The van der Waals surface area contributed by atoms with Gasteiger partial charge in [-0.1, -0.05) is 18.2 Å². The predicted octanol–water partition coefficient (Wildman–Crippen LogP) is 3.47. The standard InChI is InChI=1S/C17H19N3O2/c1-12(2)18-16(21)13-8-10-15(11-9-13)20-17(22)19-14-6-4-3-5-7-14/h3-12H,1-2H3,(H,18,21)(H2,19,20,22). The summed E-state index contributed by atoms with van der Waals surface area (Å²) < 4.78 is 0. The SMILES string of the molecule is CC(C)NC(=O)c1ccc(NC(=O)Nc2ccccc2)cc1. The summed E-state index contributed by atoms with van der Waals surface area (Å²) in [6.45, 7) is 3.81. The maximum Gasteiger partial charge on any atom is 0.323 e. The van der Waals surface area contributed by atoms with E-state index >= 15 is 0 Å². The quantitative estimate of drug-likeness (QED) is 0.808. The molecule has 5 heteroatoms. The zero-order valence-electron chi connectivity index (χ0n) is 12.6. The van der Waals surface area contributed by atoms with Crippen LogP contribution in [0.1, 0.15) is 24.2 Å². The van der Waals surface area contributed by atoms with Gasteiger partial charge in [0.15, 0.2) is 0 Å². The van der Waals surface area contributed by atoms with Gasteiger partial charge in [0.2, 0.25) is 0 Å². The van der Waals surface area contributed by atoms with E-state index in [2.05, 4.69) is 16.0 Å². The number of carbonyl (C=O) groups is 2. The molecule has 0 fully saturated rings. The number of carbonyl (C=O) groups excluding carboxylic acids is 2. The van der Waals surface area contributed by atoms with Gasteiger partial charge in [-0.2, -0.15) is 0 Å². The van der Waals surface area contributed by atoms with Crippen LogP contribution < -0.4 is 16.0 Å². The zero-order valence-corrected chi connectivity index (χ0v) is 12.6. The molecule has 0 atom stereocenters. The minimum atomic E-state index is -0.328. The molecule has 3 amide bonds. The Bertz CT molecular complexity index is 637. The van der Waals surface area contributed by atoms with Gasteiger partial charge in [-0.25, -0.2) is 4.79 Å². The molecule has 2 aromatic carbocycles. The lowest BCUT2D eigenvalue weighted by Crippen LogP contribution is -2.30. The molecule has 3 N–H and O–H groups in total. The lowest BCUT2D eigenvalue weighted by atomic mass is 10.2. The lowest BCUT2D eigenvalue weighted by Gasteiger charge is -2.10. The molecular formula is C17H19N3O2. The number of hydrogen-bond acceptors (Lipinski definition) is 2. The Kier molecular flexibility index (Phi) is 5.14. The number of anilines is 2. The third-order valence-corrected chi connectivity index (χ3v) is 2.86. The van der Waals surface area contributed by atoms with E-state index in [0.717, 1.165) is 0 Å². The molecule has 0 radical (unpaired) electrons. The molecule has 114 valence electrons. The number of nitrogens with one attached hydrogen (secondary N) is 3. The largest absolute Gasteiger partial charge is 0.350 e. The lowest BCUT2D eigenvalue weighted by molar-refractivity contribution is 0.0943. The fourth-order valence-electron chi connectivity index (χ4n) is 1.87. The third-order valence-electron chi connectivity index (χ3n) is 2.86. The first kappa shape index (κ1) is 15.6. The Morgan fingerprint density at radius 2 is 1.36 bits per heavy atom. The number of amides is 3. The van der Waals surface area contributed by atoms with Crippen LogP contribution in [0.3, 0.4) is 0 Å². The molecule has 0 bridgehead atoms. The van der Waals surface area contributed by atoms with Gasteiger partial charge >= 0.3 is 6.03 Å². The maximum atomic E-state index is 11.8. The summed E-state index contributed by atoms with van der Waals surface area (Å²) in [5, 5.41) is 8.25. The van der Waals surface area contributed by atoms with Gasteiger partial charge in [-0.05, 0) is 50.2 Å². The Hall–Kier alpha value is -2.82. The van der Waals surface area contributed by atoms with Gasteiger partial charge in [0.25, 0.3) is 5.91 Å². The van der Waals surface area contributed by atoms with E-state index in [9.17, 15) is 9.59 Å². The maximum absolute atomic E-state index is 11.8. The van der Waals surface area contributed by atoms with Crippen molar-refractivity contribution < 1.29 is 9.59 Å². The van der Waals surface area contributed by atoms with Crippen LogP contribution in [0, 0.1) is 0 Å². The van der Waals surface area contributed by atoms with Crippen LogP contribution in [0.25, 0.3) is 0 Å². The highest BCUT2D eigenvalue weighted by atomic mass is 16.2. The van der Waals surface area contributed by atoms with Crippen molar-refractivity contribution in [2.45, 2.75) is 19.9 Å². The second-order valence-electron chi connectivity index (χ2n) is 5.15. The van der Waals surface area contributed by atoms with Crippen LogP contribution in [0.5, 0.6) is 0 Å². The highest BCUT2D eigenvalue weighted by molar-refractivity contribution is 6.00. The number of rotatable bonds is 4. The average Bonchev–Trinajstić information content (AvgIpc) is 2.48. The average molecular weight is 297 g/mol. The topological polar surface area (TPSA) is 70.2 Å². The monoisotopic (exact) mass is 297 g/mol. The molecule has 0 saturated carbocycles. The molecule has 0 unspecified atom stereocenters. The van der Waals surface area contributed by atoms with Crippen LogP contribution >= 0.6 is 0 Å². The Morgan fingerprint density at radius 3 is 1.91 bits per heavy atom. The summed E-state index contributed by atoms with van der Waals surface area (Å²) in [7, 11) is 0. The van der Waals surface area contributed by atoms with Crippen molar-refractivity contribution in [3.63, 3.8) is 0 Å². The van der Waals surface area contributed by atoms with E-state index < -0.39 is 0 Å². The number of para-hydroxylation sites is 1. The van der Waals surface area contributed by atoms with Gasteiger partial charge in [0.1, 0.15) is 0 Å². The summed E-state index contributed by atoms with van der Waals surface area (Å²) in [5.74, 6) is -0.129. The summed E-state index contributed by atoms with van der Waals surface area (Å²) >= 11 is 0. The molecule has 0 aliphatic heterocycles. The Balaban J connectivity index is 1.93. The predicted molar refractivity (Wildman–Crippen MR) is 88.1 cm³/mol. The minimum absolute atomic E-state index is 0.0851. The van der Waals surface area contributed by atoms with Crippen molar-refractivity contribution in [2.24, 2.45) is 0 Å². The minimum Gasteiger partial charge on any atom is -0.350 e. The fraction of sp³-hybridized carbons (Fsp3) is 0.176. The summed E-state index contributed by atoms with van der Waals surface area (Å²) in [4.78, 5) is 23.7. The first-order chi connectivity index (χ1) is 10.5. The van der Waals surface area contributed by atoms with Crippen molar-refractivity contribution in [3.05, 3.63) is 60.2 Å². The zero-order chi connectivity index (χ0) is 15.9. The molecule has 22 heavy (non-hydrogen) atoms. The Labute approximate surface area is 129 Å². The number of urea groups is 1. The van der Waals surface area contributed by atoms with Crippen LogP contribution in [0.15, 0.2) is 54.6 Å². The van der Waals surface area contributed by atoms with Crippen LogP contribution in [-0.4, -0.2) is 18.0 Å². The summed E-state index contributed by atoms with van der Waals surface area (Å²) in [6.07, 6.45) is 0. The normalized spacial score (nSPS) is 10.1. The van der Waals surface area contributed by atoms with Gasteiger partial charge in [0, 0.05) is 23.0 Å². The smallest absolute Gasteiger partial charge is 0.323 e. The van der Waals surface area contributed by atoms with Gasteiger partial charge in [0.05, 0.1) is 0 Å². The van der Waals surface area contributed by atoms with Gasteiger partial charge < -0.3 is 16.0 Å². The molecule has 0 aliphatic rings. The van der Waals surface area contributed by atoms with Gasteiger partial charge in [-0.15, -0.1) is 0 Å². The first-order valence-electron chi connectivity index (χ1n) is 7.08. The molecular weight excluding hydrogens is 278 g/mol. The number of benzene rings is 2. The van der Waals surface area contributed by atoms with Crippen molar-refractivity contribution >= 4 is 23.3 Å². The van der Waals surface area contributed by atoms with Crippen LogP contribution in [0.2, 0.25) is 0 Å². The molecule has 0 aliphatic carbocycles. The van der Waals surface area contributed by atoms with Crippen LogP contribution in [0.4, 0.5) is 16.2 Å². The molecule has 0 heterocycles. The van der Waals surface area contributed by atoms with Crippen molar-refractivity contribution in [1.82, 2.24) is 5.32 Å². The fourth-order valence-corrected chi connectivity index (χ4v) is 1.87. The molecule has 0 spiro atoms. The van der Waals surface area contributed by atoms with E-state index in [0.29, 0.717) is 16.9 Å². The molecule has 5 nitrogen and oxygen atoms in total. The molecule has 2 rings (SSSR count). The van der Waals surface area contributed by atoms with E-state index in [4.69, 9.17) is 0 Å². The second kappa shape index (κ2) is 7.26. The van der Waals surface area contributed by atoms with Crippen molar-refractivity contribution in [1.29, 1.82) is 0 Å². The first-order valence-corrected chi connectivity index (χ1v) is 7.08. The Morgan fingerprint density at radius 1 is 0.818 bits per heavy atom. The van der Waals surface area contributed by atoms with E-state index in [1.165, 1.54) is 0 Å². The number of hydrogen-bond donors (Lipinski definition) is 3. The summed E-state index contributed by atoms with van der Waals surface area (Å²) in [5.41, 5.74) is 1.89. The summed E-state index contributed by atoms with van der Waals surface area (Å²) in [6, 6.07) is 15.7. The molecule has 2 aromatic rings. The van der Waals surface area contributed by atoms with Crippen molar-refractivity contribution in [2.75, 3.05) is 10.6 Å². The second-order valence-corrected chi connectivity index (χ2v) is 5.15. The highest BCUT2D eigenvalue weighted by Crippen LogP contribution is 2.11. The molecule has 0 aromatic heterocycles.